The van der Waals surface area contributed by atoms with Crippen LogP contribution in [0.5, 0.6) is 11.5 Å². The van der Waals surface area contributed by atoms with Gasteiger partial charge in [-0.3, -0.25) is 0 Å². The molecule has 0 amide bonds. The summed E-state index contributed by atoms with van der Waals surface area (Å²) in [6.07, 6.45) is 1.02. The van der Waals surface area contributed by atoms with Gasteiger partial charge in [0.05, 0.1) is 13.2 Å². The fraction of sp³-hybridized carbons (Fsp3) is 0.667. The fourth-order valence-electron chi connectivity index (χ4n) is 1.88. The van der Waals surface area contributed by atoms with Crippen LogP contribution in [0.15, 0.2) is 24.3 Å². The molecular formula is C18H31NO2. The van der Waals surface area contributed by atoms with E-state index in [0.29, 0.717) is 12.5 Å². The van der Waals surface area contributed by atoms with Gasteiger partial charge in [-0.15, -0.1) is 0 Å². The molecule has 120 valence electrons. The Balaban J connectivity index is 2.35. The van der Waals surface area contributed by atoms with Gasteiger partial charge in [0.1, 0.15) is 11.5 Å². The zero-order valence-electron chi connectivity index (χ0n) is 14.2. The lowest BCUT2D eigenvalue weighted by Gasteiger charge is -2.25. The molecule has 0 aliphatic carbocycles. The Morgan fingerprint density at radius 2 is 1.62 bits per heavy atom. The average Bonchev–Trinajstić information content (AvgIpc) is 2.43. The Bertz CT molecular complexity index is 385. The lowest BCUT2D eigenvalue weighted by molar-refractivity contribution is 0.175. The Kier molecular flexibility index (Phi) is 7.58. The first kappa shape index (κ1) is 17.8. The minimum atomic E-state index is 0.117. The third-order valence-electron chi connectivity index (χ3n) is 3.08. The normalized spacial score (nSPS) is 11.7. The van der Waals surface area contributed by atoms with Crippen molar-refractivity contribution in [2.45, 2.75) is 41.0 Å². The van der Waals surface area contributed by atoms with Gasteiger partial charge in [0.25, 0.3) is 0 Å². The predicted molar refractivity (Wildman–Crippen MR) is 89.2 cm³/mol. The minimum Gasteiger partial charge on any atom is -0.494 e. The van der Waals surface area contributed by atoms with E-state index in [0.717, 1.165) is 37.6 Å². The molecule has 0 saturated carbocycles. The molecule has 0 atom stereocenters. The number of nitrogens with one attached hydrogen (secondary N) is 1. The SMILES string of the molecule is CCCOc1ccc(OCC(C)(C)CNCC(C)C)cc1. The highest BCUT2D eigenvalue weighted by Gasteiger charge is 2.18. The van der Waals surface area contributed by atoms with Gasteiger partial charge in [0, 0.05) is 12.0 Å². The lowest BCUT2D eigenvalue weighted by Crippen LogP contribution is -2.35. The second kappa shape index (κ2) is 8.93. The minimum absolute atomic E-state index is 0.117. The van der Waals surface area contributed by atoms with Crippen molar-refractivity contribution in [1.82, 2.24) is 5.32 Å². The van der Waals surface area contributed by atoms with E-state index in [9.17, 15) is 0 Å². The molecule has 1 aromatic carbocycles. The van der Waals surface area contributed by atoms with Gasteiger partial charge in [0.2, 0.25) is 0 Å². The molecule has 3 nitrogen and oxygen atoms in total. The maximum Gasteiger partial charge on any atom is 0.119 e. The van der Waals surface area contributed by atoms with Crippen LogP contribution in [0, 0.1) is 11.3 Å². The Morgan fingerprint density at radius 3 is 2.14 bits per heavy atom. The number of benzene rings is 1. The van der Waals surface area contributed by atoms with Gasteiger partial charge in [-0.25, -0.2) is 0 Å². The topological polar surface area (TPSA) is 30.5 Å². The molecule has 0 radical (unpaired) electrons. The molecule has 1 rings (SSSR count). The fourth-order valence-corrected chi connectivity index (χ4v) is 1.88. The second-order valence-corrected chi connectivity index (χ2v) is 6.80. The van der Waals surface area contributed by atoms with Gasteiger partial charge in [0.15, 0.2) is 0 Å². The molecule has 0 aliphatic heterocycles. The third kappa shape index (κ3) is 7.96. The highest BCUT2D eigenvalue weighted by Crippen LogP contribution is 2.21. The smallest absolute Gasteiger partial charge is 0.119 e. The molecule has 0 bridgehead atoms. The van der Waals surface area contributed by atoms with Crippen molar-refractivity contribution in [3.05, 3.63) is 24.3 Å². The molecule has 0 heterocycles. The summed E-state index contributed by atoms with van der Waals surface area (Å²) in [5, 5.41) is 3.49. The van der Waals surface area contributed by atoms with Crippen molar-refractivity contribution in [2.75, 3.05) is 26.3 Å². The van der Waals surface area contributed by atoms with Crippen LogP contribution in [-0.2, 0) is 0 Å². The van der Waals surface area contributed by atoms with Gasteiger partial charge in [-0.1, -0.05) is 34.6 Å². The summed E-state index contributed by atoms with van der Waals surface area (Å²) < 4.78 is 11.5. The molecule has 0 saturated heterocycles. The van der Waals surface area contributed by atoms with Crippen LogP contribution in [0.4, 0.5) is 0 Å². The number of ether oxygens (including phenoxy) is 2. The molecule has 0 spiro atoms. The summed E-state index contributed by atoms with van der Waals surface area (Å²) in [6, 6.07) is 7.88. The number of rotatable bonds is 10. The number of hydrogen-bond acceptors (Lipinski definition) is 3. The predicted octanol–water partition coefficient (Wildman–Crippen LogP) is 4.13. The zero-order chi connectivity index (χ0) is 15.7. The van der Waals surface area contributed by atoms with Crippen LogP contribution in [0.2, 0.25) is 0 Å². The molecule has 0 aliphatic rings. The summed E-state index contributed by atoms with van der Waals surface area (Å²) >= 11 is 0. The Labute approximate surface area is 130 Å². The van der Waals surface area contributed by atoms with E-state index in [1.807, 2.05) is 24.3 Å². The molecular weight excluding hydrogens is 262 g/mol. The average molecular weight is 293 g/mol. The zero-order valence-corrected chi connectivity index (χ0v) is 14.2. The van der Waals surface area contributed by atoms with Crippen molar-refractivity contribution < 1.29 is 9.47 Å². The van der Waals surface area contributed by atoms with E-state index in [1.54, 1.807) is 0 Å². The van der Waals surface area contributed by atoms with Crippen LogP contribution in [0.1, 0.15) is 41.0 Å². The Morgan fingerprint density at radius 1 is 1.05 bits per heavy atom. The van der Waals surface area contributed by atoms with E-state index >= 15 is 0 Å². The third-order valence-corrected chi connectivity index (χ3v) is 3.08. The van der Waals surface area contributed by atoms with E-state index in [1.165, 1.54) is 0 Å². The summed E-state index contributed by atoms with van der Waals surface area (Å²) in [7, 11) is 0. The van der Waals surface area contributed by atoms with Gasteiger partial charge in [-0.2, -0.15) is 0 Å². The van der Waals surface area contributed by atoms with Crippen molar-refractivity contribution in [3.63, 3.8) is 0 Å². The summed E-state index contributed by atoms with van der Waals surface area (Å²) in [5.41, 5.74) is 0.117. The second-order valence-electron chi connectivity index (χ2n) is 6.80. The first-order valence-corrected chi connectivity index (χ1v) is 7.99. The van der Waals surface area contributed by atoms with Crippen LogP contribution in [-0.4, -0.2) is 26.3 Å². The quantitative estimate of drug-likeness (QED) is 0.703. The largest absolute Gasteiger partial charge is 0.494 e. The molecule has 0 fully saturated rings. The van der Waals surface area contributed by atoms with Crippen molar-refractivity contribution in [1.29, 1.82) is 0 Å². The van der Waals surface area contributed by atoms with Gasteiger partial charge < -0.3 is 14.8 Å². The standard InChI is InChI=1S/C18H31NO2/c1-6-11-20-16-7-9-17(10-8-16)21-14-18(4,5)13-19-12-15(2)3/h7-10,15,19H,6,11-14H2,1-5H3. The maximum absolute atomic E-state index is 5.89. The van der Waals surface area contributed by atoms with Crippen LogP contribution < -0.4 is 14.8 Å². The molecule has 1 N–H and O–H groups in total. The van der Waals surface area contributed by atoms with Gasteiger partial charge in [-0.05, 0) is 43.1 Å². The lowest BCUT2D eigenvalue weighted by atomic mass is 9.94. The van der Waals surface area contributed by atoms with Crippen molar-refractivity contribution in [2.24, 2.45) is 11.3 Å². The highest BCUT2D eigenvalue weighted by atomic mass is 16.5. The highest BCUT2D eigenvalue weighted by molar-refractivity contribution is 5.31. The molecule has 0 aromatic heterocycles. The first-order valence-electron chi connectivity index (χ1n) is 7.99. The van der Waals surface area contributed by atoms with E-state index < -0.39 is 0 Å². The maximum atomic E-state index is 5.89. The first-order chi connectivity index (χ1) is 9.93. The van der Waals surface area contributed by atoms with E-state index in [4.69, 9.17) is 9.47 Å². The molecule has 1 aromatic rings. The van der Waals surface area contributed by atoms with Crippen molar-refractivity contribution >= 4 is 0 Å². The summed E-state index contributed by atoms with van der Waals surface area (Å²) in [4.78, 5) is 0. The molecule has 21 heavy (non-hydrogen) atoms. The van der Waals surface area contributed by atoms with Crippen LogP contribution in [0.25, 0.3) is 0 Å². The summed E-state index contributed by atoms with van der Waals surface area (Å²) in [6.45, 7) is 14.5. The molecule has 0 unspecified atom stereocenters. The molecule has 3 heteroatoms. The number of hydrogen-bond donors (Lipinski definition) is 1. The van der Waals surface area contributed by atoms with Gasteiger partial charge >= 0.3 is 0 Å². The van der Waals surface area contributed by atoms with Crippen molar-refractivity contribution in [3.8, 4) is 11.5 Å². The van der Waals surface area contributed by atoms with Crippen LogP contribution >= 0.6 is 0 Å². The van der Waals surface area contributed by atoms with Crippen LogP contribution in [0.3, 0.4) is 0 Å². The van der Waals surface area contributed by atoms with E-state index in [2.05, 4.69) is 39.9 Å². The Hall–Kier alpha value is -1.22. The monoisotopic (exact) mass is 293 g/mol. The summed E-state index contributed by atoms with van der Waals surface area (Å²) in [5.74, 6) is 2.48. The van der Waals surface area contributed by atoms with E-state index in [-0.39, 0.29) is 5.41 Å².